The van der Waals surface area contributed by atoms with Gasteiger partial charge in [0, 0.05) is 56.1 Å². The number of nitrogens with zero attached hydrogens (tertiary/aromatic N) is 4. The Morgan fingerprint density at radius 2 is 1.96 bits per heavy atom. The summed E-state index contributed by atoms with van der Waals surface area (Å²) in [6.45, 7) is 9.73. The van der Waals surface area contributed by atoms with E-state index < -0.39 is 0 Å². The van der Waals surface area contributed by atoms with E-state index in [4.69, 9.17) is 0 Å². The highest BCUT2D eigenvalue weighted by Crippen LogP contribution is 2.29. The minimum atomic E-state index is -0.345. The van der Waals surface area contributed by atoms with Crippen LogP contribution in [-0.2, 0) is 7.05 Å². The lowest BCUT2D eigenvalue weighted by atomic mass is 9.98. The van der Waals surface area contributed by atoms with Crippen LogP contribution in [0.3, 0.4) is 0 Å². The summed E-state index contributed by atoms with van der Waals surface area (Å²) in [7, 11) is 1.80. The SMILES string of the molecule is CCC(C)(C)N1CCN(C(=O)Nc2ccc(F)cc2-c2cnn(C)c2)CC1. The van der Waals surface area contributed by atoms with E-state index in [0.29, 0.717) is 24.3 Å². The zero-order chi connectivity index (χ0) is 19.6. The first-order valence-electron chi connectivity index (χ1n) is 9.39. The highest BCUT2D eigenvalue weighted by molar-refractivity contribution is 5.94. The molecule has 0 unspecified atom stereocenters. The Bertz CT molecular complexity index is 808. The van der Waals surface area contributed by atoms with Crippen LogP contribution < -0.4 is 5.32 Å². The first kappa shape index (κ1) is 19.4. The van der Waals surface area contributed by atoms with Crippen molar-refractivity contribution in [2.24, 2.45) is 7.05 Å². The van der Waals surface area contributed by atoms with Crippen molar-refractivity contribution in [3.8, 4) is 11.1 Å². The second-order valence-corrected chi connectivity index (χ2v) is 7.66. The maximum absolute atomic E-state index is 13.8. The number of piperazine rings is 1. The summed E-state index contributed by atoms with van der Waals surface area (Å²) in [5.41, 5.74) is 2.13. The topological polar surface area (TPSA) is 53.4 Å². The number of rotatable bonds is 4. The molecule has 1 aliphatic heterocycles. The Morgan fingerprint density at radius 1 is 1.26 bits per heavy atom. The van der Waals surface area contributed by atoms with Gasteiger partial charge in [-0.1, -0.05) is 6.92 Å². The van der Waals surface area contributed by atoms with Crippen molar-refractivity contribution in [1.82, 2.24) is 19.6 Å². The maximum atomic E-state index is 13.8. The fraction of sp³-hybridized carbons (Fsp3) is 0.500. The van der Waals surface area contributed by atoms with Gasteiger partial charge in [0.2, 0.25) is 0 Å². The maximum Gasteiger partial charge on any atom is 0.321 e. The number of hydrogen-bond acceptors (Lipinski definition) is 3. The molecule has 146 valence electrons. The summed E-state index contributed by atoms with van der Waals surface area (Å²) >= 11 is 0. The number of aryl methyl sites for hydroxylation is 1. The van der Waals surface area contributed by atoms with E-state index >= 15 is 0 Å². The van der Waals surface area contributed by atoms with Crippen molar-refractivity contribution in [2.45, 2.75) is 32.7 Å². The second-order valence-electron chi connectivity index (χ2n) is 7.66. The lowest BCUT2D eigenvalue weighted by Gasteiger charge is -2.43. The average molecular weight is 373 g/mol. The average Bonchev–Trinajstić information content (AvgIpc) is 3.09. The third kappa shape index (κ3) is 4.30. The van der Waals surface area contributed by atoms with Crippen LogP contribution in [0.25, 0.3) is 11.1 Å². The molecule has 0 aliphatic carbocycles. The molecule has 0 saturated carbocycles. The number of urea groups is 1. The van der Waals surface area contributed by atoms with Gasteiger partial charge < -0.3 is 10.2 Å². The van der Waals surface area contributed by atoms with Gasteiger partial charge in [0.05, 0.1) is 11.9 Å². The number of benzene rings is 1. The lowest BCUT2D eigenvalue weighted by Crippen LogP contribution is -2.56. The van der Waals surface area contributed by atoms with Crippen LogP contribution in [0.4, 0.5) is 14.9 Å². The van der Waals surface area contributed by atoms with Crippen molar-refractivity contribution in [1.29, 1.82) is 0 Å². The van der Waals surface area contributed by atoms with Crippen molar-refractivity contribution in [3.05, 3.63) is 36.4 Å². The van der Waals surface area contributed by atoms with Gasteiger partial charge in [-0.15, -0.1) is 0 Å². The van der Waals surface area contributed by atoms with E-state index in [9.17, 15) is 9.18 Å². The fourth-order valence-corrected chi connectivity index (χ4v) is 3.36. The molecule has 0 spiro atoms. The quantitative estimate of drug-likeness (QED) is 0.891. The summed E-state index contributed by atoms with van der Waals surface area (Å²) in [4.78, 5) is 17.0. The molecule has 7 heteroatoms. The van der Waals surface area contributed by atoms with E-state index in [1.54, 1.807) is 30.2 Å². The summed E-state index contributed by atoms with van der Waals surface area (Å²) in [6.07, 6.45) is 4.54. The lowest BCUT2D eigenvalue weighted by molar-refractivity contribution is 0.0640. The zero-order valence-corrected chi connectivity index (χ0v) is 16.5. The van der Waals surface area contributed by atoms with Gasteiger partial charge in [-0.2, -0.15) is 5.10 Å². The molecular formula is C20H28FN5O. The number of halogens is 1. The molecule has 1 aliphatic rings. The number of carbonyl (C=O) groups is 1. The van der Waals surface area contributed by atoms with Crippen molar-refractivity contribution in [3.63, 3.8) is 0 Å². The molecule has 27 heavy (non-hydrogen) atoms. The molecule has 1 N–H and O–H groups in total. The van der Waals surface area contributed by atoms with Crippen LogP contribution >= 0.6 is 0 Å². The van der Waals surface area contributed by atoms with Crippen molar-refractivity contribution < 1.29 is 9.18 Å². The molecule has 1 aromatic heterocycles. The van der Waals surface area contributed by atoms with E-state index in [0.717, 1.165) is 25.1 Å². The number of anilines is 1. The van der Waals surface area contributed by atoms with Gasteiger partial charge in [-0.25, -0.2) is 9.18 Å². The van der Waals surface area contributed by atoms with E-state index in [1.807, 2.05) is 4.90 Å². The molecule has 1 aromatic carbocycles. The minimum absolute atomic E-state index is 0.146. The number of carbonyl (C=O) groups excluding carboxylic acids is 1. The predicted molar refractivity (Wildman–Crippen MR) is 105 cm³/mol. The van der Waals surface area contributed by atoms with Crippen LogP contribution in [0.15, 0.2) is 30.6 Å². The van der Waals surface area contributed by atoms with Crippen LogP contribution in [0.2, 0.25) is 0 Å². The summed E-state index contributed by atoms with van der Waals surface area (Å²) in [6, 6.07) is 4.23. The zero-order valence-electron chi connectivity index (χ0n) is 16.5. The molecule has 3 rings (SSSR count). The monoisotopic (exact) mass is 373 g/mol. The molecule has 2 heterocycles. The molecule has 0 radical (unpaired) electrons. The Hall–Kier alpha value is -2.41. The number of hydrogen-bond donors (Lipinski definition) is 1. The Morgan fingerprint density at radius 3 is 2.56 bits per heavy atom. The number of amides is 2. The Kier molecular flexibility index (Phi) is 5.51. The summed E-state index contributed by atoms with van der Waals surface area (Å²) < 4.78 is 15.4. The summed E-state index contributed by atoms with van der Waals surface area (Å²) in [5, 5.41) is 7.09. The van der Waals surface area contributed by atoms with Crippen molar-refractivity contribution >= 4 is 11.7 Å². The number of aromatic nitrogens is 2. The molecule has 2 aromatic rings. The smallest absolute Gasteiger partial charge is 0.321 e. The largest absolute Gasteiger partial charge is 0.322 e. The van der Waals surface area contributed by atoms with Crippen LogP contribution in [0.1, 0.15) is 27.2 Å². The van der Waals surface area contributed by atoms with Gasteiger partial charge in [0.15, 0.2) is 0 Å². The molecule has 0 bridgehead atoms. The van der Waals surface area contributed by atoms with Gasteiger partial charge in [-0.3, -0.25) is 9.58 Å². The third-order valence-electron chi connectivity index (χ3n) is 5.53. The van der Waals surface area contributed by atoms with Crippen LogP contribution in [0.5, 0.6) is 0 Å². The fourth-order valence-electron chi connectivity index (χ4n) is 3.36. The van der Waals surface area contributed by atoms with Gasteiger partial charge >= 0.3 is 6.03 Å². The molecule has 2 amide bonds. The second kappa shape index (κ2) is 7.68. The number of nitrogens with one attached hydrogen (secondary N) is 1. The van der Waals surface area contributed by atoms with Crippen molar-refractivity contribution in [2.75, 3.05) is 31.5 Å². The van der Waals surface area contributed by atoms with Gasteiger partial charge in [0.25, 0.3) is 0 Å². The molecule has 1 saturated heterocycles. The first-order chi connectivity index (χ1) is 12.8. The third-order valence-corrected chi connectivity index (χ3v) is 5.53. The van der Waals surface area contributed by atoms with Crippen LogP contribution in [0, 0.1) is 5.82 Å². The normalized spacial score (nSPS) is 15.8. The van der Waals surface area contributed by atoms with Gasteiger partial charge in [-0.05, 0) is 38.5 Å². The predicted octanol–water partition coefficient (Wildman–Crippen LogP) is 3.56. The molecule has 0 atom stereocenters. The standard InChI is InChI=1S/C20H28FN5O/c1-5-20(2,3)26-10-8-25(9-11-26)19(27)23-18-7-6-16(21)12-17(18)15-13-22-24(4)14-15/h6-7,12-14H,5,8-11H2,1-4H3,(H,23,27). The first-order valence-corrected chi connectivity index (χ1v) is 9.39. The highest BCUT2D eigenvalue weighted by atomic mass is 19.1. The van der Waals surface area contributed by atoms with E-state index in [2.05, 4.69) is 36.1 Å². The minimum Gasteiger partial charge on any atom is -0.322 e. The molecular weight excluding hydrogens is 345 g/mol. The van der Waals surface area contributed by atoms with E-state index in [1.165, 1.54) is 12.1 Å². The Balaban J connectivity index is 1.70. The summed E-state index contributed by atoms with van der Waals surface area (Å²) in [5.74, 6) is -0.345. The highest BCUT2D eigenvalue weighted by Gasteiger charge is 2.30. The van der Waals surface area contributed by atoms with Gasteiger partial charge in [0.1, 0.15) is 5.82 Å². The van der Waals surface area contributed by atoms with Crippen LogP contribution in [-0.4, -0.2) is 57.3 Å². The van der Waals surface area contributed by atoms with E-state index in [-0.39, 0.29) is 17.4 Å². The Labute approximate surface area is 160 Å². The molecule has 1 fully saturated rings. The molecule has 6 nitrogen and oxygen atoms in total.